The van der Waals surface area contributed by atoms with Gasteiger partial charge in [-0.2, -0.15) is 0 Å². The molecule has 4 aliphatic carbocycles. The number of aryl methyl sites for hydroxylation is 7. The normalized spacial score (nSPS) is 26.0. The number of hydrogen-bond donors (Lipinski definition) is 0. The lowest BCUT2D eigenvalue weighted by atomic mass is 9.55. The molecule has 6 aliphatic rings. The van der Waals surface area contributed by atoms with E-state index in [0.29, 0.717) is 34.3 Å². The van der Waals surface area contributed by atoms with E-state index in [2.05, 4.69) is 86.6 Å². The van der Waals surface area contributed by atoms with Gasteiger partial charge >= 0.3 is 0 Å². The first kappa shape index (κ1) is 63.5. The molecule has 2 aliphatic heterocycles. The van der Waals surface area contributed by atoms with Crippen LogP contribution < -0.4 is 0 Å². The van der Waals surface area contributed by atoms with E-state index in [9.17, 15) is 22.0 Å². The molecule has 2 bridgehead atoms. The molecule has 2 saturated heterocycles. The third-order valence-electron chi connectivity index (χ3n) is 14.7. The fourth-order valence-corrected chi connectivity index (χ4v) is 8.55. The highest BCUT2D eigenvalue weighted by Crippen LogP contribution is 2.56. The SMILES string of the molecule is CC12CCC(C)(CC1)CC2.CC1CCC(C)CC1.CC1CCC(C)OC1.CC1COC(C)OC1.Cc1cc(F)c(C)c(F)c1.Cc1ccc(C)c(F)c1.Cc1ccc(C)c(F)c1F.Cc1ccc(C)cc1. The fraction of sp³-hybridized carbons (Fsp3) is 0.619. The first-order chi connectivity index (χ1) is 33.2. The molecule has 6 fully saturated rings. The molecule has 4 saturated carbocycles. The Bertz CT molecular complexity index is 1900. The topological polar surface area (TPSA) is 27.7 Å². The lowest BCUT2D eigenvalue weighted by molar-refractivity contribution is -0.187. The summed E-state index contributed by atoms with van der Waals surface area (Å²) in [5, 5.41) is 0. The van der Waals surface area contributed by atoms with Crippen LogP contribution in [0, 0.1) is 119 Å². The van der Waals surface area contributed by atoms with E-state index in [4.69, 9.17) is 14.2 Å². The van der Waals surface area contributed by atoms with Crippen LogP contribution in [-0.4, -0.2) is 32.2 Å². The lowest BCUT2D eigenvalue weighted by Crippen LogP contribution is -2.37. The second kappa shape index (κ2) is 31.9. The molecule has 8 heteroatoms. The Morgan fingerprint density at radius 2 is 0.718 bits per heavy atom. The summed E-state index contributed by atoms with van der Waals surface area (Å²) >= 11 is 0. The number of ether oxygens (including phenoxy) is 3. The van der Waals surface area contributed by atoms with Crippen LogP contribution in [0.1, 0.15) is 177 Å². The van der Waals surface area contributed by atoms with Gasteiger partial charge in [-0.15, -0.1) is 0 Å². The Balaban J connectivity index is 0.000000279. The molecule has 2 heterocycles. The minimum Gasteiger partial charge on any atom is -0.378 e. The Labute approximate surface area is 429 Å². The number of hydrogen-bond acceptors (Lipinski definition) is 3. The molecular formula is C63H95F5O3. The molecule has 0 radical (unpaired) electrons. The van der Waals surface area contributed by atoms with E-state index in [1.807, 2.05) is 19.9 Å². The predicted octanol–water partition coefficient (Wildman–Crippen LogP) is 18.9. The third-order valence-corrected chi connectivity index (χ3v) is 14.7. The van der Waals surface area contributed by atoms with Gasteiger partial charge in [-0.05, 0) is 195 Å². The summed E-state index contributed by atoms with van der Waals surface area (Å²) in [4.78, 5) is 0. The van der Waals surface area contributed by atoms with Gasteiger partial charge in [-0.3, -0.25) is 0 Å². The first-order valence-corrected chi connectivity index (χ1v) is 26.7. The second-order valence-electron chi connectivity index (χ2n) is 22.7. The van der Waals surface area contributed by atoms with Crippen molar-refractivity contribution in [2.45, 2.75) is 200 Å². The largest absolute Gasteiger partial charge is 0.378 e. The number of benzene rings is 4. The maximum absolute atomic E-state index is 12.6. The van der Waals surface area contributed by atoms with Gasteiger partial charge in [-0.1, -0.05) is 127 Å². The van der Waals surface area contributed by atoms with Crippen molar-refractivity contribution in [1.29, 1.82) is 0 Å². The molecule has 0 N–H and O–H groups in total. The smallest absolute Gasteiger partial charge is 0.161 e. The summed E-state index contributed by atoms with van der Waals surface area (Å²) in [5.41, 5.74) is 7.26. The van der Waals surface area contributed by atoms with E-state index in [0.717, 1.165) is 54.0 Å². The molecule has 2 unspecified atom stereocenters. The van der Waals surface area contributed by atoms with Crippen molar-refractivity contribution >= 4 is 0 Å². The summed E-state index contributed by atoms with van der Waals surface area (Å²) in [7, 11) is 0. The van der Waals surface area contributed by atoms with Crippen LogP contribution in [-0.2, 0) is 14.2 Å². The van der Waals surface area contributed by atoms with Gasteiger partial charge in [-0.25, -0.2) is 22.0 Å². The highest BCUT2D eigenvalue weighted by molar-refractivity contribution is 5.25. The molecule has 71 heavy (non-hydrogen) atoms. The first-order valence-electron chi connectivity index (χ1n) is 26.7. The molecular weight excluding hydrogens is 900 g/mol. The van der Waals surface area contributed by atoms with Crippen molar-refractivity contribution in [2.75, 3.05) is 19.8 Å². The zero-order valence-corrected chi connectivity index (χ0v) is 47.0. The highest BCUT2D eigenvalue weighted by Gasteiger charge is 2.43. The summed E-state index contributed by atoms with van der Waals surface area (Å²) in [6.45, 7) is 34.8. The van der Waals surface area contributed by atoms with Crippen LogP contribution in [0.2, 0.25) is 0 Å². The van der Waals surface area contributed by atoms with Crippen molar-refractivity contribution in [3.8, 4) is 0 Å². The van der Waals surface area contributed by atoms with E-state index in [-0.39, 0.29) is 17.7 Å². The van der Waals surface area contributed by atoms with Crippen LogP contribution in [0.5, 0.6) is 0 Å². The molecule has 10 rings (SSSR count). The van der Waals surface area contributed by atoms with Crippen LogP contribution in [0.3, 0.4) is 0 Å². The van der Waals surface area contributed by atoms with Crippen molar-refractivity contribution in [3.05, 3.63) is 140 Å². The van der Waals surface area contributed by atoms with Crippen LogP contribution in [0.15, 0.2) is 66.7 Å². The monoisotopic (exact) mass is 995 g/mol. The highest BCUT2D eigenvalue weighted by atomic mass is 19.2. The summed E-state index contributed by atoms with van der Waals surface area (Å²) in [6, 6.07) is 19.5. The fourth-order valence-electron chi connectivity index (χ4n) is 8.55. The minimum atomic E-state index is -0.736. The van der Waals surface area contributed by atoms with Gasteiger partial charge in [0.25, 0.3) is 0 Å². The standard InChI is InChI=1S/C10H18.2C8H8F2.C8H9F.C8H16.C8H10.C7H14O.C6H12O2/c1-9-3-6-10(2,7-4-9)8-5-9;1-5-3-7(9)6(2)8(10)4-5;1-5-3-4-6(2)8(10)7(5)9;1-6-3-4-7(2)8(9)5-6;2*1-7-3-5-8(2)6-4-7;1-6-3-4-7(2)8-5-6;1-5-3-7-6(2)8-4-5/h3-8H2,1-2H3;2*3-4H,1-2H3;3-5H,1-2H3;7-8H,3-6H2,1-2H3;3-6H,1-2H3;6-7H,3-5H2,1-2H3;5-6H,3-4H2,1-2H3. The Kier molecular flexibility index (Phi) is 28.5. The molecule has 4 aromatic rings. The van der Waals surface area contributed by atoms with Crippen LogP contribution in [0.4, 0.5) is 22.0 Å². The summed E-state index contributed by atoms with van der Waals surface area (Å²) < 4.78 is 78.7. The third kappa shape index (κ3) is 25.8. The van der Waals surface area contributed by atoms with E-state index in [1.165, 1.54) is 127 Å². The minimum absolute atomic E-state index is 0.0196. The Morgan fingerprint density at radius 1 is 0.380 bits per heavy atom. The zero-order valence-electron chi connectivity index (χ0n) is 47.0. The molecule has 0 amide bonds. The lowest BCUT2D eigenvalue weighted by Gasteiger charge is -2.50. The van der Waals surface area contributed by atoms with Gasteiger partial charge in [0, 0.05) is 18.1 Å². The zero-order chi connectivity index (χ0) is 53.5. The second-order valence-corrected chi connectivity index (χ2v) is 22.7. The average Bonchev–Trinajstić information content (AvgIpc) is 3.33. The van der Waals surface area contributed by atoms with E-state index < -0.39 is 23.3 Å². The average molecular weight is 995 g/mol. The quantitative estimate of drug-likeness (QED) is 0.164. The maximum atomic E-state index is 12.6. The summed E-state index contributed by atoms with van der Waals surface area (Å²) in [6.07, 6.45) is 18.1. The van der Waals surface area contributed by atoms with E-state index >= 15 is 0 Å². The molecule has 400 valence electrons. The van der Waals surface area contributed by atoms with Crippen molar-refractivity contribution in [3.63, 3.8) is 0 Å². The van der Waals surface area contributed by atoms with Crippen molar-refractivity contribution in [2.24, 2.45) is 34.5 Å². The van der Waals surface area contributed by atoms with Gasteiger partial charge < -0.3 is 14.2 Å². The Morgan fingerprint density at radius 3 is 1.04 bits per heavy atom. The number of rotatable bonds is 0. The Hall–Kier alpha value is -3.59. The van der Waals surface area contributed by atoms with E-state index in [1.54, 1.807) is 32.0 Å². The van der Waals surface area contributed by atoms with Gasteiger partial charge in [0.15, 0.2) is 17.9 Å². The molecule has 0 spiro atoms. The van der Waals surface area contributed by atoms with Gasteiger partial charge in [0.1, 0.15) is 17.5 Å². The maximum Gasteiger partial charge on any atom is 0.161 e. The molecule has 2 atom stereocenters. The van der Waals surface area contributed by atoms with Gasteiger partial charge in [0.05, 0.1) is 19.3 Å². The van der Waals surface area contributed by atoms with Crippen LogP contribution in [0.25, 0.3) is 0 Å². The molecule has 4 aromatic carbocycles. The molecule has 0 aromatic heterocycles. The van der Waals surface area contributed by atoms with Crippen molar-refractivity contribution < 1.29 is 36.2 Å². The van der Waals surface area contributed by atoms with Crippen molar-refractivity contribution in [1.82, 2.24) is 0 Å². The molecule has 3 nitrogen and oxygen atoms in total. The predicted molar refractivity (Wildman–Crippen MR) is 289 cm³/mol. The number of halogens is 5. The van der Waals surface area contributed by atoms with Crippen LogP contribution >= 0.6 is 0 Å². The van der Waals surface area contributed by atoms with Gasteiger partial charge in [0.2, 0.25) is 0 Å². The summed E-state index contributed by atoms with van der Waals surface area (Å²) in [5.74, 6) is 0.875. The number of fused-ring (bicyclic) bond motifs is 3.